The highest BCUT2D eigenvalue weighted by molar-refractivity contribution is 5.32. The van der Waals surface area contributed by atoms with Gasteiger partial charge in [-0.05, 0) is 43.0 Å². The normalized spacial score (nSPS) is 16.9. The van der Waals surface area contributed by atoms with Gasteiger partial charge in [0.25, 0.3) is 0 Å². The van der Waals surface area contributed by atoms with Crippen molar-refractivity contribution >= 4 is 0 Å². The lowest BCUT2D eigenvalue weighted by atomic mass is 9.98. The Balaban J connectivity index is 2.08. The van der Waals surface area contributed by atoms with Crippen LogP contribution in [0.5, 0.6) is 5.75 Å². The van der Waals surface area contributed by atoms with Crippen molar-refractivity contribution in [1.82, 2.24) is 0 Å². The van der Waals surface area contributed by atoms with Crippen LogP contribution >= 0.6 is 0 Å². The molecule has 92 valence electrons. The molecule has 0 fully saturated rings. The maximum Gasteiger partial charge on any atom is 0.119 e. The van der Waals surface area contributed by atoms with Gasteiger partial charge in [0.05, 0.1) is 19.5 Å². The number of aliphatic hydroxyl groups excluding tert-OH is 1. The van der Waals surface area contributed by atoms with Gasteiger partial charge in [-0.2, -0.15) is 0 Å². The Labute approximate surface area is 102 Å². The third kappa shape index (κ3) is 3.01. The molecule has 0 saturated heterocycles. The topological polar surface area (TPSA) is 38.7 Å². The first kappa shape index (κ1) is 12.0. The summed E-state index contributed by atoms with van der Waals surface area (Å²) >= 11 is 0. The minimum Gasteiger partial charge on any atom is -0.501 e. The quantitative estimate of drug-likeness (QED) is 0.870. The Morgan fingerprint density at radius 1 is 1.35 bits per heavy atom. The fraction of sp³-hybridized carbons (Fsp3) is 0.429. The van der Waals surface area contributed by atoms with Gasteiger partial charge in [0.1, 0.15) is 11.9 Å². The molecule has 0 spiro atoms. The van der Waals surface area contributed by atoms with E-state index in [2.05, 4.69) is 0 Å². The second kappa shape index (κ2) is 5.73. The minimum atomic E-state index is -0.564. The SMILES string of the molecule is CCOc1ccc(C(O)C2=COCCC2)cc1. The van der Waals surface area contributed by atoms with Crippen molar-refractivity contribution in [3.05, 3.63) is 41.7 Å². The Bertz CT molecular complexity index is 381. The molecule has 1 unspecified atom stereocenters. The second-order valence-electron chi connectivity index (χ2n) is 4.07. The van der Waals surface area contributed by atoms with Gasteiger partial charge in [0, 0.05) is 0 Å². The highest BCUT2D eigenvalue weighted by atomic mass is 16.5. The van der Waals surface area contributed by atoms with Crippen LogP contribution in [0.4, 0.5) is 0 Å². The summed E-state index contributed by atoms with van der Waals surface area (Å²) in [5, 5.41) is 10.2. The van der Waals surface area contributed by atoms with Crippen LogP contribution in [0.2, 0.25) is 0 Å². The zero-order valence-electron chi connectivity index (χ0n) is 10.1. The molecule has 1 aromatic rings. The van der Waals surface area contributed by atoms with Crippen LogP contribution in [0, 0.1) is 0 Å². The number of benzene rings is 1. The molecule has 0 radical (unpaired) electrons. The van der Waals surface area contributed by atoms with Crippen LogP contribution < -0.4 is 4.74 Å². The molecule has 1 aliphatic rings. The Hall–Kier alpha value is -1.48. The van der Waals surface area contributed by atoms with Crippen LogP contribution in [-0.2, 0) is 4.74 Å². The van der Waals surface area contributed by atoms with Crippen molar-refractivity contribution in [3.8, 4) is 5.75 Å². The van der Waals surface area contributed by atoms with E-state index in [-0.39, 0.29) is 0 Å². The van der Waals surface area contributed by atoms with Gasteiger partial charge >= 0.3 is 0 Å². The Morgan fingerprint density at radius 3 is 2.71 bits per heavy atom. The van der Waals surface area contributed by atoms with Gasteiger partial charge in [-0.3, -0.25) is 0 Å². The number of aliphatic hydroxyl groups is 1. The van der Waals surface area contributed by atoms with Crippen LogP contribution in [0.1, 0.15) is 31.4 Å². The molecule has 3 heteroatoms. The van der Waals surface area contributed by atoms with E-state index in [1.165, 1.54) is 0 Å². The summed E-state index contributed by atoms with van der Waals surface area (Å²) in [6, 6.07) is 7.55. The van der Waals surface area contributed by atoms with E-state index in [1.807, 2.05) is 31.2 Å². The third-order valence-electron chi connectivity index (χ3n) is 2.82. The van der Waals surface area contributed by atoms with Gasteiger partial charge in [-0.25, -0.2) is 0 Å². The lowest BCUT2D eigenvalue weighted by Gasteiger charge is -2.19. The van der Waals surface area contributed by atoms with E-state index < -0.39 is 6.10 Å². The average Bonchev–Trinajstić information content (AvgIpc) is 2.40. The molecule has 0 bridgehead atoms. The predicted octanol–water partition coefficient (Wildman–Crippen LogP) is 2.81. The van der Waals surface area contributed by atoms with Crippen LogP contribution in [-0.4, -0.2) is 18.3 Å². The van der Waals surface area contributed by atoms with E-state index in [0.29, 0.717) is 6.61 Å². The monoisotopic (exact) mass is 234 g/mol. The van der Waals surface area contributed by atoms with Gasteiger partial charge in [0.2, 0.25) is 0 Å². The van der Waals surface area contributed by atoms with Gasteiger partial charge < -0.3 is 14.6 Å². The summed E-state index contributed by atoms with van der Waals surface area (Å²) in [5.41, 5.74) is 1.82. The highest BCUT2D eigenvalue weighted by Crippen LogP contribution is 2.28. The van der Waals surface area contributed by atoms with E-state index >= 15 is 0 Å². The standard InChI is InChI=1S/C14H18O3/c1-2-17-13-7-5-11(6-8-13)14(15)12-4-3-9-16-10-12/h5-8,10,14-15H,2-4,9H2,1H3. The van der Waals surface area contributed by atoms with E-state index in [4.69, 9.17) is 9.47 Å². The van der Waals surface area contributed by atoms with E-state index in [0.717, 1.165) is 36.3 Å². The maximum atomic E-state index is 10.2. The van der Waals surface area contributed by atoms with Crippen molar-refractivity contribution in [3.63, 3.8) is 0 Å². The number of hydrogen-bond donors (Lipinski definition) is 1. The molecule has 0 aliphatic carbocycles. The molecule has 1 atom stereocenters. The summed E-state index contributed by atoms with van der Waals surface area (Å²) in [4.78, 5) is 0. The summed E-state index contributed by atoms with van der Waals surface area (Å²) in [5.74, 6) is 0.831. The Kier molecular flexibility index (Phi) is 4.04. The molecule has 1 N–H and O–H groups in total. The number of ether oxygens (including phenoxy) is 2. The Morgan fingerprint density at radius 2 is 2.12 bits per heavy atom. The van der Waals surface area contributed by atoms with Crippen molar-refractivity contribution in [2.24, 2.45) is 0 Å². The summed E-state index contributed by atoms with van der Waals surface area (Å²) < 4.78 is 10.6. The lowest BCUT2D eigenvalue weighted by molar-refractivity contribution is 0.170. The molecule has 0 amide bonds. The summed E-state index contributed by atoms with van der Waals surface area (Å²) in [7, 11) is 0. The molecule has 2 rings (SSSR count). The van der Waals surface area contributed by atoms with E-state index in [9.17, 15) is 5.11 Å². The van der Waals surface area contributed by atoms with Gasteiger partial charge in [0.15, 0.2) is 0 Å². The third-order valence-corrected chi connectivity index (χ3v) is 2.82. The zero-order valence-corrected chi connectivity index (χ0v) is 10.1. The largest absolute Gasteiger partial charge is 0.501 e. The summed E-state index contributed by atoms with van der Waals surface area (Å²) in [6.45, 7) is 3.35. The number of rotatable bonds is 4. The van der Waals surface area contributed by atoms with Crippen molar-refractivity contribution in [1.29, 1.82) is 0 Å². The molecule has 3 nitrogen and oxygen atoms in total. The van der Waals surface area contributed by atoms with Crippen molar-refractivity contribution < 1.29 is 14.6 Å². The van der Waals surface area contributed by atoms with Gasteiger partial charge in [-0.15, -0.1) is 0 Å². The fourth-order valence-corrected chi connectivity index (χ4v) is 1.91. The molecule has 17 heavy (non-hydrogen) atoms. The number of hydrogen-bond acceptors (Lipinski definition) is 3. The molecule has 1 aromatic carbocycles. The molecule has 0 saturated carbocycles. The fourth-order valence-electron chi connectivity index (χ4n) is 1.91. The van der Waals surface area contributed by atoms with Crippen molar-refractivity contribution in [2.45, 2.75) is 25.9 Å². The van der Waals surface area contributed by atoms with E-state index in [1.54, 1.807) is 6.26 Å². The first-order valence-electron chi connectivity index (χ1n) is 6.02. The van der Waals surface area contributed by atoms with Crippen LogP contribution in [0.15, 0.2) is 36.1 Å². The first-order chi connectivity index (χ1) is 8.31. The maximum absolute atomic E-state index is 10.2. The van der Waals surface area contributed by atoms with Crippen LogP contribution in [0.3, 0.4) is 0 Å². The second-order valence-corrected chi connectivity index (χ2v) is 4.07. The first-order valence-corrected chi connectivity index (χ1v) is 6.02. The smallest absolute Gasteiger partial charge is 0.119 e. The molecule has 0 aromatic heterocycles. The molecular weight excluding hydrogens is 216 g/mol. The lowest BCUT2D eigenvalue weighted by Crippen LogP contribution is -2.07. The minimum absolute atomic E-state index is 0.564. The highest BCUT2D eigenvalue weighted by Gasteiger charge is 2.16. The van der Waals surface area contributed by atoms with Gasteiger partial charge in [-0.1, -0.05) is 12.1 Å². The zero-order chi connectivity index (χ0) is 12.1. The molecular formula is C14H18O3. The average molecular weight is 234 g/mol. The molecule has 1 heterocycles. The molecule has 1 aliphatic heterocycles. The van der Waals surface area contributed by atoms with Crippen molar-refractivity contribution in [2.75, 3.05) is 13.2 Å². The summed E-state index contributed by atoms with van der Waals surface area (Å²) in [6.07, 6.45) is 2.99. The van der Waals surface area contributed by atoms with Crippen LogP contribution in [0.25, 0.3) is 0 Å². The predicted molar refractivity (Wildman–Crippen MR) is 65.8 cm³/mol.